The van der Waals surface area contributed by atoms with Gasteiger partial charge >= 0.3 is 0 Å². The van der Waals surface area contributed by atoms with E-state index in [1.165, 1.54) is 47.1 Å². The Kier molecular flexibility index (Phi) is 5.96. The fourth-order valence-corrected chi connectivity index (χ4v) is 3.77. The summed E-state index contributed by atoms with van der Waals surface area (Å²) in [7, 11) is 0. The van der Waals surface area contributed by atoms with Gasteiger partial charge in [0.15, 0.2) is 0 Å². The standard InChI is InChI=1S/C9H10INS.C4H8S/c10-8-5-2-6-11-9(8)12-7-3-1-4-7;5-4-2-1-3-4/h2,5-7H,1,3-4H2;4-5H,1-3H2. The first-order valence-corrected chi connectivity index (χ1v) is 8.68. The maximum Gasteiger partial charge on any atom is 0.110 e. The highest BCUT2D eigenvalue weighted by Crippen LogP contribution is 2.36. The molecule has 2 aliphatic carbocycles. The zero-order chi connectivity index (χ0) is 12.1. The van der Waals surface area contributed by atoms with Gasteiger partial charge in [0.05, 0.1) is 0 Å². The van der Waals surface area contributed by atoms with Crippen LogP contribution in [0.5, 0.6) is 0 Å². The Labute approximate surface area is 127 Å². The van der Waals surface area contributed by atoms with Gasteiger partial charge in [-0.3, -0.25) is 0 Å². The fourth-order valence-electron chi connectivity index (χ4n) is 1.49. The third-order valence-corrected chi connectivity index (χ3v) is 6.24. The minimum Gasteiger partial charge on any atom is -0.249 e. The molecule has 2 saturated carbocycles. The van der Waals surface area contributed by atoms with Gasteiger partial charge in [0.2, 0.25) is 0 Å². The van der Waals surface area contributed by atoms with Gasteiger partial charge in [-0.25, -0.2) is 4.98 Å². The van der Waals surface area contributed by atoms with E-state index >= 15 is 0 Å². The van der Waals surface area contributed by atoms with Crippen LogP contribution in [-0.2, 0) is 0 Å². The molecule has 94 valence electrons. The van der Waals surface area contributed by atoms with Crippen molar-refractivity contribution in [2.45, 2.75) is 54.1 Å². The highest BCUT2D eigenvalue weighted by Gasteiger charge is 2.19. The van der Waals surface area contributed by atoms with Crippen LogP contribution in [0.15, 0.2) is 23.4 Å². The molecule has 17 heavy (non-hydrogen) atoms. The van der Waals surface area contributed by atoms with Crippen molar-refractivity contribution in [2.75, 3.05) is 0 Å². The molecule has 0 N–H and O–H groups in total. The van der Waals surface area contributed by atoms with E-state index < -0.39 is 0 Å². The average molecular weight is 379 g/mol. The fraction of sp³-hybridized carbons (Fsp3) is 0.615. The van der Waals surface area contributed by atoms with Crippen molar-refractivity contribution >= 4 is 47.0 Å². The Morgan fingerprint density at radius 1 is 1.24 bits per heavy atom. The molecule has 0 bridgehead atoms. The van der Waals surface area contributed by atoms with E-state index in [1.807, 2.05) is 24.0 Å². The van der Waals surface area contributed by atoms with Crippen LogP contribution in [0, 0.1) is 3.57 Å². The van der Waals surface area contributed by atoms with E-state index in [1.54, 1.807) is 0 Å². The summed E-state index contributed by atoms with van der Waals surface area (Å²) in [6, 6.07) is 4.11. The summed E-state index contributed by atoms with van der Waals surface area (Å²) in [5, 5.41) is 2.81. The first-order chi connectivity index (χ1) is 8.25. The van der Waals surface area contributed by atoms with E-state index in [-0.39, 0.29) is 0 Å². The van der Waals surface area contributed by atoms with E-state index in [0.29, 0.717) is 0 Å². The molecule has 2 fully saturated rings. The molecule has 1 aromatic rings. The molecule has 0 aliphatic heterocycles. The van der Waals surface area contributed by atoms with Crippen molar-refractivity contribution in [3.63, 3.8) is 0 Å². The lowest BCUT2D eigenvalue weighted by molar-refractivity contribution is 0.521. The number of thiol groups is 1. The Bertz CT molecular complexity index is 351. The molecule has 0 saturated heterocycles. The molecule has 0 atom stereocenters. The number of nitrogens with zero attached hydrogens (tertiary/aromatic N) is 1. The molecule has 0 radical (unpaired) electrons. The van der Waals surface area contributed by atoms with E-state index in [9.17, 15) is 0 Å². The van der Waals surface area contributed by atoms with Gasteiger partial charge in [0.1, 0.15) is 5.03 Å². The summed E-state index contributed by atoms with van der Waals surface area (Å²) in [4.78, 5) is 4.36. The van der Waals surface area contributed by atoms with Gasteiger partial charge in [-0.2, -0.15) is 12.6 Å². The van der Waals surface area contributed by atoms with Crippen molar-refractivity contribution < 1.29 is 0 Å². The predicted molar refractivity (Wildman–Crippen MR) is 87.1 cm³/mol. The van der Waals surface area contributed by atoms with Crippen LogP contribution in [-0.4, -0.2) is 15.5 Å². The molecular formula is C13H18INS2. The number of pyridine rings is 1. The number of aromatic nitrogens is 1. The number of hydrogen-bond donors (Lipinski definition) is 1. The second kappa shape index (κ2) is 7.24. The number of hydrogen-bond acceptors (Lipinski definition) is 3. The lowest BCUT2D eigenvalue weighted by Crippen LogP contribution is -2.13. The molecule has 0 unspecified atom stereocenters. The molecule has 0 aromatic carbocycles. The topological polar surface area (TPSA) is 12.9 Å². The van der Waals surface area contributed by atoms with Crippen molar-refractivity contribution in [2.24, 2.45) is 0 Å². The highest BCUT2D eigenvalue weighted by molar-refractivity contribution is 14.1. The van der Waals surface area contributed by atoms with Crippen LogP contribution in [0.3, 0.4) is 0 Å². The van der Waals surface area contributed by atoms with Crippen molar-refractivity contribution in [3.05, 3.63) is 21.9 Å². The van der Waals surface area contributed by atoms with Gasteiger partial charge in [-0.15, -0.1) is 11.8 Å². The minimum atomic E-state index is 0.759. The summed E-state index contributed by atoms with van der Waals surface area (Å²) < 4.78 is 1.28. The summed E-state index contributed by atoms with van der Waals surface area (Å²) in [5.41, 5.74) is 0. The number of thioether (sulfide) groups is 1. The molecule has 4 heteroatoms. The van der Waals surface area contributed by atoms with E-state index in [4.69, 9.17) is 0 Å². The average Bonchev–Trinajstić information content (AvgIpc) is 2.24. The van der Waals surface area contributed by atoms with Gasteiger partial charge in [0, 0.05) is 20.3 Å². The maximum absolute atomic E-state index is 4.36. The predicted octanol–water partition coefficient (Wildman–Crippen LogP) is 4.80. The quantitative estimate of drug-likeness (QED) is 0.586. The second-order valence-corrected chi connectivity index (χ2v) is 7.73. The molecular weight excluding hydrogens is 361 g/mol. The monoisotopic (exact) mass is 379 g/mol. The normalized spacial score (nSPS) is 19.9. The highest BCUT2D eigenvalue weighted by atomic mass is 127. The zero-order valence-corrected chi connectivity index (χ0v) is 13.7. The summed E-state index contributed by atoms with van der Waals surface area (Å²) >= 11 is 8.47. The van der Waals surface area contributed by atoms with Crippen molar-refractivity contribution in [1.29, 1.82) is 0 Å². The second-order valence-electron chi connectivity index (χ2n) is 4.55. The Balaban J connectivity index is 0.000000181. The first kappa shape index (κ1) is 14.0. The molecule has 0 spiro atoms. The molecule has 1 nitrogen and oxygen atoms in total. The van der Waals surface area contributed by atoms with Crippen LogP contribution in [0.2, 0.25) is 0 Å². The first-order valence-electron chi connectivity index (χ1n) is 6.21. The molecule has 3 rings (SSSR count). The number of rotatable bonds is 2. The van der Waals surface area contributed by atoms with Crippen LogP contribution < -0.4 is 0 Å². The molecule has 1 heterocycles. The van der Waals surface area contributed by atoms with Gasteiger partial charge < -0.3 is 0 Å². The van der Waals surface area contributed by atoms with Crippen molar-refractivity contribution in [3.8, 4) is 0 Å². The third-order valence-electron chi connectivity index (χ3n) is 3.13. The smallest absolute Gasteiger partial charge is 0.110 e. The van der Waals surface area contributed by atoms with Crippen LogP contribution in [0.25, 0.3) is 0 Å². The van der Waals surface area contributed by atoms with Crippen LogP contribution in [0.4, 0.5) is 0 Å². The largest absolute Gasteiger partial charge is 0.249 e. The lowest BCUT2D eigenvalue weighted by Gasteiger charge is -2.24. The van der Waals surface area contributed by atoms with Gasteiger partial charge in [-0.05, 0) is 60.4 Å². The Morgan fingerprint density at radius 3 is 2.29 bits per heavy atom. The molecule has 0 amide bonds. The molecule has 1 aromatic heterocycles. The maximum atomic E-state index is 4.36. The van der Waals surface area contributed by atoms with Crippen molar-refractivity contribution in [1.82, 2.24) is 4.98 Å². The summed E-state index contributed by atoms with van der Waals surface area (Å²) in [5.74, 6) is 0. The minimum absolute atomic E-state index is 0.759. The SMILES string of the molecule is Ic1cccnc1SC1CCC1.SC1CCC1. The lowest BCUT2D eigenvalue weighted by atomic mass is 10.0. The van der Waals surface area contributed by atoms with Gasteiger partial charge in [0.25, 0.3) is 0 Å². The van der Waals surface area contributed by atoms with Gasteiger partial charge in [-0.1, -0.05) is 12.8 Å². The van der Waals surface area contributed by atoms with E-state index in [0.717, 1.165) is 10.5 Å². The summed E-state index contributed by atoms with van der Waals surface area (Å²) in [6.45, 7) is 0. The van der Waals surface area contributed by atoms with Crippen LogP contribution >= 0.6 is 47.0 Å². The summed E-state index contributed by atoms with van der Waals surface area (Å²) in [6.07, 6.45) is 10.1. The van der Waals surface area contributed by atoms with Crippen LogP contribution in [0.1, 0.15) is 38.5 Å². The van der Waals surface area contributed by atoms with E-state index in [2.05, 4.69) is 46.3 Å². The third kappa shape index (κ3) is 4.63. The number of halogens is 1. The molecule has 2 aliphatic rings. The zero-order valence-electron chi connectivity index (χ0n) is 9.81. The Hall–Kier alpha value is 0.580. The Morgan fingerprint density at radius 2 is 1.88 bits per heavy atom.